The van der Waals surface area contributed by atoms with Crippen molar-refractivity contribution in [3.63, 3.8) is 0 Å². The second kappa shape index (κ2) is 5.22. The van der Waals surface area contributed by atoms with E-state index < -0.39 is 0 Å². The lowest BCUT2D eigenvalue weighted by atomic mass is 9.96. The molecule has 1 nitrogen and oxygen atoms in total. The maximum atomic E-state index is 12.1. The van der Waals surface area contributed by atoms with E-state index in [4.69, 9.17) is 5.26 Å². The van der Waals surface area contributed by atoms with Crippen molar-refractivity contribution in [2.45, 2.75) is 26.7 Å². The molecule has 0 rings (SSSR count). The summed E-state index contributed by atoms with van der Waals surface area (Å²) in [5, 5.41) is 8.26. The summed E-state index contributed by atoms with van der Waals surface area (Å²) in [5.41, 5.74) is 0. The van der Waals surface area contributed by atoms with Crippen molar-refractivity contribution < 1.29 is 4.39 Å². The largest absolute Gasteiger partial charge is 0.251 e. The van der Waals surface area contributed by atoms with Gasteiger partial charge in [-0.3, -0.25) is 4.39 Å². The van der Waals surface area contributed by atoms with E-state index in [2.05, 4.69) is 0 Å². The van der Waals surface area contributed by atoms with E-state index in [1.54, 1.807) is 0 Å². The highest BCUT2D eigenvalue weighted by molar-refractivity contribution is 4.75. The van der Waals surface area contributed by atoms with Crippen molar-refractivity contribution in [2.24, 2.45) is 11.8 Å². The van der Waals surface area contributed by atoms with Crippen LogP contribution in [0.4, 0.5) is 4.39 Å². The maximum absolute atomic E-state index is 12.1. The van der Waals surface area contributed by atoms with Crippen molar-refractivity contribution in [1.29, 1.82) is 5.26 Å². The van der Waals surface area contributed by atoms with Crippen molar-refractivity contribution in [2.75, 3.05) is 6.67 Å². The number of nitriles is 1. The summed E-state index contributed by atoms with van der Waals surface area (Å²) in [5.74, 6) is 0.457. The fraction of sp³-hybridized carbons (Fsp3) is 0.875. The van der Waals surface area contributed by atoms with Crippen LogP contribution in [0.1, 0.15) is 26.7 Å². The first-order chi connectivity index (χ1) is 4.70. The molecule has 0 spiro atoms. The predicted octanol–water partition coefficient (Wildman–Crippen LogP) is 2.53. The molecule has 0 radical (unpaired) electrons. The van der Waals surface area contributed by atoms with Gasteiger partial charge < -0.3 is 0 Å². The average molecular weight is 143 g/mol. The molecule has 0 aromatic heterocycles. The van der Waals surface area contributed by atoms with Gasteiger partial charge in [0.25, 0.3) is 0 Å². The number of nitrogens with zero attached hydrogens (tertiary/aromatic N) is 1. The van der Waals surface area contributed by atoms with E-state index in [1.165, 1.54) is 0 Å². The molecular weight excluding hydrogens is 129 g/mol. The highest BCUT2D eigenvalue weighted by atomic mass is 19.1. The van der Waals surface area contributed by atoms with E-state index >= 15 is 0 Å². The van der Waals surface area contributed by atoms with Crippen LogP contribution in [-0.4, -0.2) is 6.67 Å². The van der Waals surface area contributed by atoms with Crippen LogP contribution in [0, 0.1) is 23.2 Å². The molecule has 0 N–H and O–H groups in total. The summed E-state index contributed by atoms with van der Waals surface area (Å²) < 4.78 is 12.1. The lowest BCUT2D eigenvalue weighted by molar-refractivity contribution is 0.316. The molecule has 0 bridgehead atoms. The van der Waals surface area contributed by atoms with Crippen LogP contribution in [-0.2, 0) is 0 Å². The molecule has 0 aliphatic heterocycles. The molecule has 0 fully saturated rings. The Morgan fingerprint density at radius 3 is 2.40 bits per heavy atom. The van der Waals surface area contributed by atoms with Gasteiger partial charge in [0.05, 0.1) is 12.7 Å². The standard InChI is InChI=1S/C8H14FN/c1-7(2)5-8(6-9)3-4-10/h7-8H,3,5-6H2,1-2H3. The summed E-state index contributed by atoms with van der Waals surface area (Å²) in [6.45, 7) is 3.73. The lowest BCUT2D eigenvalue weighted by Crippen LogP contribution is -2.05. The van der Waals surface area contributed by atoms with E-state index in [9.17, 15) is 4.39 Å². The maximum Gasteiger partial charge on any atom is 0.0932 e. The predicted molar refractivity (Wildman–Crippen MR) is 39.2 cm³/mol. The third kappa shape index (κ3) is 4.31. The molecule has 0 aromatic rings. The molecule has 0 aliphatic rings. The topological polar surface area (TPSA) is 23.8 Å². The van der Waals surface area contributed by atoms with Crippen LogP contribution in [0.3, 0.4) is 0 Å². The van der Waals surface area contributed by atoms with Crippen LogP contribution < -0.4 is 0 Å². The fourth-order valence-electron chi connectivity index (χ4n) is 0.997. The Kier molecular flexibility index (Phi) is 4.92. The van der Waals surface area contributed by atoms with Crippen LogP contribution >= 0.6 is 0 Å². The van der Waals surface area contributed by atoms with E-state index in [1.807, 2.05) is 19.9 Å². The van der Waals surface area contributed by atoms with Crippen molar-refractivity contribution in [1.82, 2.24) is 0 Å². The zero-order valence-corrected chi connectivity index (χ0v) is 6.60. The number of rotatable bonds is 4. The SMILES string of the molecule is CC(C)CC(CF)CC#N. The zero-order valence-electron chi connectivity index (χ0n) is 6.60. The first kappa shape index (κ1) is 9.42. The number of halogens is 1. The molecule has 0 aromatic carbocycles. The molecule has 0 amide bonds. The van der Waals surface area contributed by atoms with Gasteiger partial charge in [0.15, 0.2) is 0 Å². The number of hydrogen-bond donors (Lipinski definition) is 0. The van der Waals surface area contributed by atoms with Crippen molar-refractivity contribution in [3.05, 3.63) is 0 Å². The summed E-state index contributed by atoms with van der Waals surface area (Å²) in [6, 6.07) is 1.98. The van der Waals surface area contributed by atoms with Crippen LogP contribution in [0.15, 0.2) is 0 Å². The average Bonchev–Trinajstić information content (AvgIpc) is 1.86. The quantitative estimate of drug-likeness (QED) is 0.593. The number of hydrogen-bond acceptors (Lipinski definition) is 1. The van der Waals surface area contributed by atoms with Gasteiger partial charge in [0.2, 0.25) is 0 Å². The summed E-state index contributed by atoms with van der Waals surface area (Å²) in [6.07, 6.45) is 1.18. The third-order valence-corrected chi connectivity index (χ3v) is 1.40. The zero-order chi connectivity index (χ0) is 7.98. The summed E-state index contributed by atoms with van der Waals surface area (Å²) in [7, 11) is 0. The highest BCUT2D eigenvalue weighted by Gasteiger charge is 2.09. The van der Waals surface area contributed by atoms with Crippen LogP contribution in [0.2, 0.25) is 0 Å². The first-order valence-electron chi connectivity index (χ1n) is 3.63. The Morgan fingerprint density at radius 2 is 2.10 bits per heavy atom. The van der Waals surface area contributed by atoms with Gasteiger partial charge in [0.1, 0.15) is 0 Å². The van der Waals surface area contributed by atoms with Gasteiger partial charge in [-0.25, -0.2) is 0 Å². The molecule has 1 unspecified atom stereocenters. The van der Waals surface area contributed by atoms with Crippen LogP contribution in [0.25, 0.3) is 0 Å². The molecule has 0 aliphatic carbocycles. The van der Waals surface area contributed by atoms with Gasteiger partial charge in [0, 0.05) is 12.3 Å². The van der Waals surface area contributed by atoms with Crippen molar-refractivity contribution in [3.8, 4) is 6.07 Å². The molecule has 0 saturated carbocycles. The Bertz CT molecular complexity index is 115. The van der Waals surface area contributed by atoms with Crippen molar-refractivity contribution >= 4 is 0 Å². The molecular formula is C8H14FN. The Morgan fingerprint density at radius 1 is 1.50 bits per heavy atom. The monoisotopic (exact) mass is 143 g/mol. The second-order valence-corrected chi connectivity index (χ2v) is 3.01. The van der Waals surface area contributed by atoms with E-state index in [0.29, 0.717) is 12.3 Å². The normalized spacial score (nSPS) is 13.1. The number of alkyl halides is 1. The molecule has 0 heterocycles. The van der Waals surface area contributed by atoms with Crippen LogP contribution in [0.5, 0.6) is 0 Å². The molecule has 58 valence electrons. The van der Waals surface area contributed by atoms with Gasteiger partial charge in [-0.2, -0.15) is 5.26 Å². The van der Waals surface area contributed by atoms with Gasteiger partial charge in [-0.1, -0.05) is 13.8 Å². The summed E-state index contributed by atoms with van der Waals surface area (Å²) >= 11 is 0. The Labute approximate surface area is 61.9 Å². The fourth-order valence-corrected chi connectivity index (χ4v) is 0.997. The smallest absolute Gasteiger partial charge is 0.0932 e. The Balaban J connectivity index is 3.52. The van der Waals surface area contributed by atoms with Gasteiger partial charge in [-0.05, 0) is 12.3 Å². The highest BCUT2D eigenvalue weighted by Crippen LogP contribution is 2.14. The van der Waals surface area contributed by atoms with Gasteiger partial charge in [-0.15, -0.1) is 0 Å². The molecule has 0 saturated heterocycles. The van der Waals surface area contributed by atoms with Gasteiger partial charge >= 0.3 is 0 Å². The molecule has 2 heteroatoms. The van der Waals surface area contributed by atoms with E-state index in [0.717, 1.165) is 6.42 Å². The molecule has 10 heavy (non-hydrogen) atoms. The minimum absolute atomic E-state index is 0.0370. The second-order valence-electron chi connectivity index (χ2n) is 3.01. The first-order valence-corrected chi connectivity index (χ1v) is 3.63. The molecule has 1 atom stereocenters. The lowest BCUT2D eigenvalue weighted by Gasteiger charge is -2.10. The summed E-state index contributed by atoms with van der Waals surface area (Å²) in [4.78, 5) is 0. The minimum Gasteiger partial charge on any atom is -0.251 e. The van der Waals surface area contributed by atoms with E-state index in [-0.39, 0.29) is 12.6 Å². The third-order valence-electron chi connectivity index (χ3n) is 1.40. The minimum atomic E-state index is -0.355. The Hall–Kier alpha value is -0.580.